The first kappa shape index (κ1) is 12.9. The first-order valence-corrected chi connectivity index (χ1v) is 2.98. The van der Waals surface area contributed by atoms with Gasteiger partial charge in [-0.15, -0.1) is 0 Å². The van der Waals surface area contributed by atoms with Gasteiger partial charge in [0.25, 0.3) is 0 Å². The van der Waals surface area contributed by atoms with E-state index >= 15 is 0 Å². The van der Waals surface area contributed by atoms with Gasteiger partial charge in [0.1, 0.15) is 0 Å². The molecule has 0 unspecified atom stereocenters. The van der Waals surface area contributed by atoms with E-state index in [-0.39, 0.29) is 41.3 Å². The third-order valence-electron chi connectivity index (χ3n) is 0.780. The van der Waals surface area contributed by atoms with Gasteiger partial charge in [0.2, 0.25) is 0 Å². The van der Waals surface area contributed by atoms with Crippen molar-refractivity contribution in [1.82, 2.24) is 0 Å². The summed E-state index contributed by atoms with van der Waals surface area (Å²) in [6, 6.07) is 0. The Balaban J connectivity index is 0. The van der Waals surface area contributed by atoms with E-state index in [9.17, 15) is 0 Å². The third-order valence-corrected chi connectivity index (χ3v) is 0.780. The average molecular weight is 259 g/mol. The molecule has 0 bridgehead atoms. The third kappa shape index (κ3) is 12.5. The monoisotopic (exact) mass is 259 g/mol. The normalized spacial score (nSPS) is 8.67. The van der Waals surface area contributed by atoms with Crippen LogP contribution in [0.5, 0.6) is 0 Å². The topological polar surface area (TPSA) is 18.5 Å². The predicted octanol–water partition coefficient (Wildman–Crippen LogP) is 1.06. The smallest absolute Gasteiger partial charge is 0.0700 e. The quantitative estimate of drug-likeness (QED) is 0.687. The van der Waals surface area contributed by atoms with Gasteiger partial charge in [0.15, 0.2) is 0 Å². The first-order valence-electron chi connectivity index (χ1n) is 2.98. The van der Waals surface area contributed by atoms with Crippen LogP contribution in [0.4, 0.5) is 0 Å². The van der Waals surface area contributed by atoms with Gasteiger partial charge in [-0.05, 0) is 6.42 Å². The Bertz CT molecular complexity index is 36.0. The molecule has 0 saturated heterocycles. The minimum atomic E-state index is 0. The van der Waals surface area contributed by atoms with E-state index in [0.29, 0.717) is 6.61 Å². The van der Waals surface area contributed by atoms with E-state index in [1.165, 1.54) is 0 Å². The van der Waals surface area contributed by atoms with Crippen LogP contribution in [0.3, 0.4) is 0 Å². The molecule has 9 heavy (non-hydrogen) atoms. The summed E-state index contributed by atoms with van der Waals surface area (Å²) in [5.74, 6) is 0. The van der Waals surface area contributed by atoms with Crippen molar-refractivity contribution in [2.24, 2.45) is 0 Å². The SMILES string of the molecule is CCCOCCOC.[Pr]. The standard InChI is InChI=1S/C6H14O2.Pr/c1-3-4-8-6-5-7-2;/h3-6H2,1-2H3;. The number of rotatable bonds is 5. The van der Waals surface area contributed by atoms with Gasteiger partial charge in [-0.25, -0.2) is 0 Å². The molecule has 0 aliphatic rings. The van der Waals surface area contributed by atoms with Gasteiger partial charge in [0.05, 0.1) is 13.2 Å². The first-order chi connectivity index (χ1) is 3.91. The van der Waals surface area contributed by atoms with Crippen molar-refractivity contribution in [2.45, 2.75) is 13.3 Å². The van der Waals surface area contributed by atoms with Gasteiger partial charge in [-0.2, -0.15) is 0 Å². The van der Waals surface area contributed by atoms with E-state index in [2.05, 4.69) is 6.92 Å². The van der Waals surface area contributed by atoms with Crippen molar-refractivity contribution in [2.75, 3.05) is 26.9 Å². The molecule has 0 atom stereocenters. The van der Waals surface area contributed by atoms with Gasteiger partial charge in [-0.3, -0.25) is 0 Å². The van der Waals surface area contributed by atoms with E-state index in [4.69, 9.17) is 9.47 Å². The fourth-order valence-electron chi connectivity index (χ4n) is 0.389. The molecule has 1 radical (unpaired) electrons. The molecule has 0 aromatic carbocycles. The van der Waals surface area contributed by atoms with E-state index in [0.717, 1.165) is 19.6 Å². The van der Waals surface area contributed by atoms with Crippen molar-refractivity contribution in [1.29, 1.82) is 0 Å². The van der Waals surface area contributed by atoms with Crippen LogP contribution in [0.25, 0.3) is 0 Å². The van der Waals surface area contributed by atoms with E-state index in [1.807, 2.05) is 0 Å². The van der Waals surface area contributed by atoms with Crippen LogP contribution in [-0.2, 0) is 9.47 Å². The maximum atomic E-state index is 5.10. The number of ether oxygens (including phenoxy) is 2. The van der Waals surface area contributed by atoms with Crippen LogP contribution in [0.15, 0.2) is 0 Å². The molecule has 0 N–H and O–H groups in total. The molecular formula is C6H14O2Pr. The Kier molecular flexibility index (Phi) is 17.2. The molecule has 0 spiro atoms. The largest absolute Gasteiger partial charge is 0.382 e. The molecule has 3 heteroatoms. The van der Waals surface area contributed by atoms with Crippen molar-refractivity contribution in [3.8, 4) is 0 Å². The fraction of sp³-hybridized carbons (Fsp3) is 1.00. The van der Waals surface area contributed by atoms with Crippen LogP contribution in [0.2, 0.25) is 0 Å². The molecule has 0 amide bonds. The second-order valence-electron chi connectivity index (χ2n) is 1.61. The molecule has 0 saturated carbocycles. The summed E-state index contributed by atoms with van der Waals surface area (Å²) in [5.41, 5.74) is 0. The van der Waals surface area contributed by atoms with Crippen molar-refractivity contribution >= 4 is 0 Å². The van der Waals surface area contributed by atoms with Gasteiger partial charge >= 0.3 is 0 Å². The number of hydrogen-bond donors (Lipinski definition) is 0. The zero-order valence-electron chi connectivity index (χ0n) is 6.22. The summed E-state index contributed by atoms with van der Waals surface area (Å²) in [6.07, 6.45) is 1.09. The average Bonchev–Trinajstić information content (AvgIpc) is 1.81. The number of hydrogen-bond acceptors (Lipinski definition) is 2. The predicted molar refractivity (Wildman–Crippen MR) is 33.0 cm³/mol. The summed E-state index contributed by atoms with van der Waals surface area (Å²) in [6.45, 7) is 4.38. The Morgan fingerprint density at radius 3 is 2.22 bits per heavy atom. The summed E-state index contributed by atoms with van der Waals surface area (Å²) >= 11 is 0. The zero-order valence-corrected chi connectivity index (χ0v) is 9.93. The Hall–Kier alpha value is 1.28. The molecule has 0 aromatic rings. The van der Waals surface area contributed by atoms with Crippen LogP contribution < -0.4 is 0 Å². The minimum Gasteiger partial charge on any atom is -0.382 e. The van der Waals surface area contributed by atoms with Gasteiger partial charge < -0.3 is 9.47 Å². The molecule has 0 heterocycles. The van der Waals surface area contributed by atoms with E-state index < -0.39 is 0 Å². The molecular weight excluding hydrogens is 245 g/mol. The molecule has 53 valence electrons. The fourth-order valence-corrected chi connectivity index (χ4v) is 0.389. The second-order valence-corrected chi connectivity index (χ2v) is 1.61. The maximum Gasteiger partial charge on any atom is 0.0700 e. The minimum absolute atomic E-state index is 0. The molecule has 0 rings (SSSR count). The molecule has 0 aromatic heterocycles. The summed E-state index contributed by atoms with van der Waals surface area (Å²) in [4.78, 5) is 0. The zero-order chi connectivity index (χ0) is 6.24. The molecule has 0 aliphatic carbocycles. The van der Waals surface area contributed by atoms with Gasteiger partial charge in [-0.1, -0.05) is 6.92 Å². The summed E-state index contributed by atoms with van der Waals surface area (Å²) in [7, 11) is 1.68. The molecule has 0 fully saturated rings. The maximum absolute atomic E-state index is 5.10. The van der Waals surface area contributed by atoms with Crippen molar-refractivity contribution in [3.05, 3.63) is 0 Å². The van der Waals surface area contributed by atoms with Crippen molar-refractivity contribution < 1.29 is 50.8 Å². The molecule has 0 aliphatic heterocycles. The Morgan fingerprint density at radius 2 is 1.78 bits per heavy atom. The van der Waals surface area contributed by atoms with Crippen LogP contribution >= 0.6 is 0 Å². The van der Waals surface area contributed by atoms with Crippen LogP contribution in [0.1, 0.15) is 13.3 Å². The van der Waals surface area contributed by atoms with Gasteiger partial charge in [0, 0.05) is 55.0 Å². The Labute approximate surface area is 90.2 Å². The van der Waals surface area contributed by atoms with Crippen LogP contribution in [-0.4, -0.2) is 26.9 Å². The van der Waals surface area contributed by atoms with Crippen molar-refractivity contribution in [3.63, 3.8) is 0 Å². The number of methoxy groups -OCH3 is 1. The summed E-state index contributed by atoms with van der Waals surface area (Å²) < 4.78 is 9.86. The molecule has 2 nitrogen and oxygen atoms in total. The Morgan fingerprint density at radius 1 is 1.11 bits per heavy atom. The van der Waals surface area contributed by atoms with E-state index in [1.54, 1.807) is 7.11 Å². The summed E-state index contributed by atoms with van der Waals surface area (Å²) in [5, 5.41) is 0. The van der Waals surface area contributed by atoms with Crippen LogP contribution in [0, 0.1) is 41.3 Å². The second kappa shape index (κ2) is 12.0.